The molecule has 0 spiro atoms. The third-order valence-corrected chi connectivity index (χ3v) is 3.00. The Morgan fingerprint density at radius 2 is 2.08 bits per heavy atom. The van der Waals surface area contributed by atoms with E-state index < -0.39 is 9.04 Å². The van der Waals surface area contributed by atoms with Crippen LogP contribution in [0.4, 0.5) is 0 Å². The Hall–Kier alpha value is 0.0669. The van der Waals surface area contributed by atoms with Gasteiger partial charge in [0.05, 0.1) is 4.99 Å². The number of unbranched alkanes of at least 4 members (excludes halogenated alkanes) is 1. The van der Waals surface area contributed by atoms with Crippen molar-refractivity contribution in [1.29, 1.82) is 0 Å². The van der Waals surface area contributed by atoms with Gasteiger partial charge in [0, 0.05) is 13.2 Å². The molecule has 0 heterocycles. The highest BCUT2D eigenvalue weighted by molar-refractivity contribution is 7.80. The second-order valence-electron chi connectivity index (χ2n) is 3.33. The Labute approximate surface area is 88.8 Å². The van der Waals surface area contributed by atoms with Crippen LogP contribution in [0.15, 0.2) is 0 Å². The predicted octanol–water partition coefficient (Wildman–Crippen LogP) is 2.09. The normalized spacial score (nSPS) is 10.5. The Morgan fingerprint density at radius 3 is 2.62 bits per heavy atom. The van der Waals surface area contributed by atoms with Crippen molar-refractivity contribution >= 4 is 26.2 Å². The molecular formula is C9H21NOSSi. The molecule has 78 valence electrons. The zero-order valence-corrected chi connectivity index (χ0v) is 10.9. The third kappa shape index (κ3) is 9.98. The van der Waals surface area contributed by atoms with Crippen LogP contribution in [0, 0.1) is 0 Å². The van der Waals surface area contributed by atoms with E-state index in [4.69, 9.17) is 16.6 Å². The fourth-order valence-electron chi connectivity index (χ4n) is 0.899. The molecule has 0 atom stereocenters. The maximum atomic E-state index is 5.55. The minimum absolute atomic E-state index is 0.794. The zero-order chi connectivity index (χ0) is 10.1. The van der Waals surface area contributed by atoms with Gasteiger partial charge in [-0.3, -0.25) is 0 Å². The minimum atomic E-state index is -0.794. The van der Waals surface area contributed by atoms with Crippen LogP contribution >= 0.6 is 12.2 Å². The fourth-order valence-corrected chi connectivity index (χ4v) is 1.64. The number of hydrogen-bond donors (Lipinski definition) is 1. The summed E-state index contributed by atoms with van der Waals surface area (Å²) >= 11 is 5.04. The SMILES string of the molecule is CCC(=S)NCCCCO[SiH](C)C. The quantitative estimate of drug-likeness (QED) is 0.402. The van der Waals surface area contributed by atoms with Crippen LogP contribution in [-0.2, 0) is 4.43 Å². The van der Waals surface area contributed by atoms with Crippen molar-refractivity contribution in [2.24, 2.45) is 0 Å². The first-order valence-corrected chi connectivity index (χ1v) is 8.24. The van der Waals surface area contributed by atoms with E-state index in [9.17, 15) is 0 Å². The molecule has 2 nitrogen and oxygen atoms in total. The monoisotopic (exact) mass is 219 g/mol. The highest BCUT2D eigenvalue weighted by Crippen LogP contribution is 1.92. The van der Waals surface area contributed by atoms with E-state index in [1.807, 2.05) is 0 Å². The van der Waals surface area contributed by atoms with Gasteiger partial charge in [-0.2, -0.15) is 0 Å². The number of hydrogen-bond acceptors (Lipinski definition) is 2. The van der Waals surface area contributed by atoms with Crippen molar-refractivity contribution in [1.82, 2.24) is 5.32 Å². The summed E-state index contributed by atoms with van der Waals surface area (Å²) in [6, 6.07) is 0. The van der Waals surface area contributed by atoms with Crippen LogP contribution in [0.5, 0.6) is 0 Å². The molecular weight excluding hydrogens is 198 g/mol. The summed E-state index contributed by atoms with van der Waals surface area (Å²) in [5.74, 6) is 0. The standard InChI is InChI=1S/C9H21NOSSi/c1-4-9(12)10-7-5-6-8-11-13(2)3/h13H,4-8H2,1-3H3,(H,10,12). The molecule has 0 bridgehead atoms. The van der Waals surface area contributed by atoms with Gasteiger partial charge in [-0.05, 0) is 32.4 Å². The lowest BCUT2D eigenvalue weighted by Crippen LogP contribution is -2.21. The first kappa shape index (κ1) is 13.1. The first-order chi connectivity index (χ1) is 6.16. The number of nitrogens with one attached hydrogen (secondary N) is 1. The molecule has 0 saturated heterocycles. The molecule has 1 N–H and O–H groups in total. The molecule has 0 aliphatic rings. The van der Waals surface area contributed by atoms with Crippen LogP contribution in [0.1, 0.15) is 26.2 Å². The first-order valence-electron chi connectivity index (χ1n) is 5.05. The molecule has 0 saturated carbocycles. The van der Waals surface area contributed by atoms with E-state index in [2.05, 4.69) is 25.3 Å². The van der Waals surface area contributed by atoms with Crippen LogP contribution in [0.25, 0.3) is 0 Å². The van der Waals surface area contributed by atoms with Crippen molar-refractivity contribution in [2.45, 2.75) is 39.3 Å². The minimum Gasteiger partial charge on any atom is -0.421 e. The van der Waals surface area contributed by atoms with Crippen molar-refractivity contribution < 1.29 is 4.43 Å². The lowest BCUT2D eigenvalue weighted by Gasteiger charge is -2.07. The molecule has 0 unspecified atom stereocenters. The van der Waals surface area contributed by atoms with Gasteiger partial charge in [0.15, 0.2) is 9.04 Å². The van der Waals surface area contributed by atoms with Gasteiger partial charge in [-0.15, -0.1) is 0 Å². The van der Waals surface area contributed by atoms with Gasteiger partial charge in [0.2, 0.25) is 0 Å². The molecule has 13 heavy (non-hydrogen) atoms. The average Bonchev–Trinajstić information content (AvgIpc) is 2.10. The van der Waals surface area contributed by atoms with Crippen LogP contribution in [0.2, 0.25) is 13.1 Å². The van der Waals surface area contributed by atoms with Gasteiger partial charge in [0.25, 0.3) is 0 Å². The lowest BCUT2D eigenvalue weighted by molar-refractivity contribution is 0.315. The van der Waals surface area contributed by atoms with Crippen molar-refractivity contribution in [3.05, 3.63) is 0 Å². The van der Waals surface area contributed by atoms with Gasteiger partial charge >= 0.3 is 0 Å². The Kier molecular flexibility index (Phi) is 8.70. The average molecular weight is 219 g/mol. The molecule has 0 radical (unpaired) electrons. The van der Waals surface area contributed by atoms with E-state index in [1.54, 1.807) is 0 Å². The summed E-state index contributed by atoms with van der Waals surface area (Å²) in [5, 5.41) is 3.21. The third-order valence-electron chi connectivity index (χ3n) is 1.67. The second-order valence-corrected chi connectivity index (χ2v) is 6.25. The summed E-state index contributed by atoms with van der Waals surface area (Å²) < 4.78 is 5.55. The van der Waals surface area contributed by atoms with Crippen LogP contribution in [0.3, 0.4) is 0 Å². The molecule has 0 aliphatic heterocycles. The second kappa shape index (κ2) is 8.66. The van der Waals surface area contributed by atoms with E-state index in [0.29, 0.717) is 0 Å². The van der Waals surface area contributed by atoms with Gasteiger partial charge in [-0.1, -0.05) is 19.1 Å². The van der Waals surface area contributed by atoms with Gasteiger partial charge < -0.3 is 9.74 Å². The maximum absolute atomic E-state index is 5.55. The molecule has 0 fully saturated rings. The fraction of sp³-hybridized carbons (Fsp3) is 0.889. The molecule has 0 amide bonds. The summed E-state index contributed by atoms with van der Waals surface area (Å²) in [6.07, 6.45) is 3.25. The van der Waals surface area contributed by atoms with E-state index in [1.165, 1.54) is 0 Å². The van der Waals surface area contributed by atoms with Crippen molar-refractivity contribution in [3.8, 4) is 0 Å². The predicted molar refractivity (Wildman–Crippen MR) is 65.0 cm³/mol. The Bertz CT molecular complexity index is 142. The highest BCUT2D eigenvalue weighted by atomic mass is 32.1. The van der Waals surface area contributed by atoms with Crippen LogP contribution in [-0.4, -0.2) is 27.2 Å². The molecule has 0 rings (SSSR count). The molecule has 0 aromatic carbocycles. The number of thiocarbonyl (C=S) groups is 1. The number of rotatable bonds is 7. The molecule has 4 heteroatoms. The van der Waals surface area contributed by atoms with Crippen molar-refractivity contribution in [2.75, 3.05) is 13.2 Å². The summed E-state index contributed by atoms with van der Waals surface area (Å²) in [4.78, 5) is 0.971. The van der Waals surface area contributed by atoms with Crippen LogP contribution < -0.4 is 5.32 Å². The summed E-state index contributed by atoms with van der Waals surface area (Å²) in [5.41, 5.74) is 0. The van der Waals surface area contributed by atoms with E-state index >= 15 is 0 Å². The van der Waals surface area contributed by atoms with E-state index in [0.717, 1.165) is 37.4 Å². The van der Waals surface area contributed by atoms with E-state index in [-0.39, 0.29) is 0 Å². The lowest BCUT2D eigenvalue weighted by atomic mass is 10.3. The van der Waals surface area contributed by atoms with Crippen molar-refractivity contribution in [3.63, 3.8) is 0 Å². The molecule has 0 aromatic heterocycles. The summed E-state index contributed by atoms with van der Waals surface area (Å²) in [7, 11) is -0.794. The highest BCUT2D eigenvalue weighted by Gasteiger charge is 1.95. The zero-order valence-electron chi connectivity index (χ0n) is 8.93. The summed E-state index contributed by atoms with van der Waals surface area (Å²) in [6.45, 7) is 8.39. The molecule has 0 aromatic rings. The van der Waals surface area contributed by atoms with Gasteiger partial charge in [0.1, 0.15) is 0 Å². The molecule has 0 aliphatic carbocycles. The Morgan fingerprint density at radius 1 is 1.38 bits per heavy atom. The largest absolute Gasteiger partial charge is 0.421 e. The Balaban J connectivity index is 3.04. The maximum Gasteiger partial charge on any atom is 0.170 e. The van der Waals surface area contributed by atoms with Gasteiger partial charge in [-0.25, -0.2) is 0 Å². The smallest absolute Gasteiger partial charge is 0.170 e. The topological polar surface area (TPSA) is 21.3 Å².